The Balaban J connectivity index is 1.58. The van der Waals surface area contributed by atoms with Crippen LogP contribution in [-0.2, 0) is 30.7 Å². The van der Waals surface area contributed by atoms with Crippen LogP contribution < -0.4 is 10.6 Å². The number of benzene rings is 1. The summed E-state index contributed by atoms with van der Waals surface area (Å²) in [6, 6.07) is 8.79. The number of ether oxygens (including phenoxy) is 1. The molecule has 27 heavy (non-hydrogen) atoms. The Morgan fingerprint density at radius 2 is 2.22 bits per heavy atom. The van der Waals surface area contributed by atoms with Crippen molar-refractivity contribution in [3.05, 3.63) is 47.0 Å². The van der Waals surface area contributed by atoms with Gasteiger partial charge in [-0.2, -0.15) is 5.10 Å². The molecule has 0 aliphatic carbocycles. The molecule has 2 aromatic rings. The lowest BCUT2D eigenvalue weighted by atomic mass is 10.1. The van der Waals surface area contributed by atoms with Gasteiger partial charge in [0.2, 0.25) is 0 Å². The number of rotatable bonds is 7. The SMILES string of the molecule is CCNC(=NCCc1ccccc1C)NC1CCc2nc(COC)nn2C1. The van der Waals surface area contributed by atoms with Crippen molar-refractivity contribution in [2.24, 2.45) is 4.99 Å². The largest absolute Gasteiger partial charge is 0.377 e. The highest BCUT2D eigenvalue weighted by molar-refractivity contribution is 5.80. The van der Waals surface area contributed by atoms with Crippen molar-refractivity contribution in [2.75, 3.05) is 20.2 Å². The van der Waals surface area contributed by atoms with Crippen molar-refractivity contribution < 1.29 is 4.74 Å². The number of guanidine groups is 1. The Morgan fingerprint density at radius 1 is 1.37 bits per heavy atom. The Bertz CT molecular complexity index is 770. The first-order valence-corrected chi connectivity index (χ1v) is 9.70. The maximum absolute atomic E-state index is 5.14. The third-order valence-corrected chi connectivity index (χ3v) is 4.77. The fraction of sp³-hybridized carbons (Fsp3) is 0.550. The van der Waals surface area contributed by atoms with Crippen LogP contribution in [0.2, 0.25) is 0 Å². The Hall–Kier alpha value is -2.41. The monoisotopic (exact) mass is 370 g/mol. The topological polar surface area (TPSA) is 76.4 Å². The predicted octanol–water partition coefficient (Wildman–Crippen LogP) is 1.85. The van der Waals surface area contributed by atoms with Crippen LogP contribution in [0.3, 0.4) is 0 Å². The summed E-state index contributed by atoms with van der Waals surface area (Å²) in [4.78, 5) is 9.30. The van der Waals surface area contributed by atoms with Crippen LogP contribution in [0.1, 0.15) is 36.1 Å². The van der Waals surface area contributed by atoms with Crippen molar-refractivity contribution in [3.63, 3.8) is 0 Å². The molecular formula is C20H30N6O. The van der Waals surface area contributed by atoms with Gasteiger partial charge in [0.05, 0.1) is 6.54 Å². The van der Waals surface area contributed by atoms with E-state index < -0.39 is 0 Å². The molecule has 1 atom stereocenters. The quantitative estimate of drug-likeness (QED) is 0.575. The molecule has 146 valence electrons. The Kier molecular flexibility index (Phi) is 6.81. The third-order valence-electron chi connectivity index (χ3n) is 4.77. The molecule has 0 fully saturated rings. The predicted molar refractivity (Wildman–Crippen MR) is 107 cm³/mol. The summed E-state index contributed by atoms with van der Waals surface area (Å²) in [5.74, 6) is 2.67. The second kappa shape index (κ2) is 9.50. The van der Waals surface area contributed by atoms with Crippen molar-refractivity contribution >= 4 is 5.96 Å². The molecule has 0 radical (unpaired) electrons. The molecule has 7 heteroatoms. The minimum absolute atomic E-state index is 0.297. The van der Waals surface area contributed by atoms with Gasteiger partial charge in [0.25, 0.3) is 0 Å². The number of aryl methyl sites for hydroxylation is 2. The van der Waals surface area contributed by atoms with Crippen LogP contribution in [0.25, 0.3) is 0 Å². The Labute approximate surface area is 161 Å². The highest BCUT2D eigenvalue weighted by Gasteiger charge is 2.22. The van der Waals surface area contributed by atoms with Gasteiger partial charge >= 0.3 is 0 Å². The highest BCUT2D eigenvalue weighted by Crippen LogP contribution is 2.13. The molecule has 1 aliphatic rings. The second-order valence-corrected chi connectivity index (χ2v) is 6.88. The van der Waals surface area contributed by atoms with Crippen LogP contribution in [0.15, 0.2) is 29.3 Å². The molecule has 1 aromatic carbocycles. The van der Waals surface area contributed by atoms with E-state index in [-0.39, 0.29) is 0 Å². The first-order valence-electron chi connectivity index (χ1n) is 9.70. The first-order chi connectivity index (χ1) is 13.2. The van der Waals surface area contributed by atoms with Crippen molar-refractivity contribution in [3.8, 4) is 0 Å². The van der Waals surface area contributed by atoms with E-state index in [2.05, 4.69) is 58.8 Å². The summed E-state index contributed by atoms with van der Waals surface area (Å²) in [6.45, 7) is 7.11. The average molecular weight is 371 g/mol. The van der Waals surface area contributed by atoms with Gasteiger partial charge in [-0.05, 0) is 37.8 Å². The van der Waals surface area contributed by atoms with Crippen LogP contribution in [0, 0.1) is 6.92 Å². The van der Waals surface area contributed by atoms with Crippen molar-refractivity contribution in [2.45, 2.75) is 52.3 Å². The zero-order valence-corrected chi connectivity index (χ0v) is 16.5. The lowest BCUT2D eigenvalue weighted by molar-refractivity contribution is 0.177. The maximum Gasteiger partial charge on any atom is 0.191 e. The van der Waals surface area contributed by atoms with Gasteiger partial charge in [0, 0.05) is 32.7 Å². The summed E-state index contributed by atoms with van der Waals surface area (Å²) < 4.78 is 7.13. The van der Waals surface area contributed by atoms with Crippen LogP contribution in [-0.4, -0.2) is 47.0 Å². The normalized spacial score (nSPS) is 16.9. The molecule has 1 aromatic heterocycles. The number of methoxy groups -OCH3 is 1. The van der Waals surface area contributed by atoms with Crippen LogP contribution in [0.5, 0.6) is 0 Å². The molecule has 1 unspecified atom stereocenters. The van der Waals surface area contributed by atoms with E-state index in [4.69, 9.17) is 9.73 Å². The van der Waals surface area contributed by atoms with Crippen molar-refractivity contribution in [1.29, 1.82) is 0 Å². The van der Waals surface area contributed by atoms with Gasteiger partial charge in [-0.25, -0.2) is 9.67 Å². The molecular weight excluding hydrogens is 340 g/mol. The number of fused-ring (bicyclic) bond motifs is 1. The lowest BCUT2D eigenvalue weighted by Gasteiger charge is -2.25. The lowest BCUT2D eigenvalue weighted by Crippen LogP contribution is -2.47. The number of hydrogen-bond acceptors (Lipinski definition) is 4. The average Bonchev–Trinajstić information content (AvgIpc) is 3.05. The molecule has 3 rings (SSSR count). The molecule has 2 N–H and O–H groups in total. The number of aromatic nitrogens is 3. The fourth-order valence-corrected chi connectivity index (χ4v) is 3.36. The van der Waals surface area contributed by atoms with Crippen molar-refractivity contribution in [1.82, 2.24) is 25.4 Å². The zero-order chi connectivity index (χ0) is 19.1. The third kappa shape index (κ3) is 5.29. The minimum atomic E-state index is 0.297. The summed E-state index contributed by atoms with van der Waals surface area (Å²) in [7, 11) is 1.67. The zero-order valence-electron chi connectivity index (χ0n) is 16.5. The second-order valence-electron chi connectivity index (χ2n) is 6.88. The van der Waals surface area contributed by atoms with Crippen LogP contribution in [0.4, 0.5) is 0 Å². The molecule has 7 nitrogen and oxygen atoms in total. The number of nitrogens with one attached hydrogen (secondary N) is 2. The number of nitrogens with zero attached hydrogens (tertiary/aromatic N) is 4. The molecule has 0 amide bonds. The van der Waals surface area contributed by atoms with E-state index in [0.29, 0.717) is 12.6 Å². The molecule has 0 spiro atoms. The number of aliphatic imine (C=N–C) groups is 1. The van der Waals surface area contributed by atoms with Crippen LogP contribution >= 0.6 is 0 Å². The van der Waals surface area contributed by atoms with Gasteiger partial charge < -0.3 is 15.4 Å². The Morgan fingerprint density at radius 3 is 3.00 bits per heavy atom. The smallest absolute Gasteiger partial charge is 0.191 e. The molecule has 2 heterocycles. The van der Waals surface area contributed by atoms with E-state index in [1.165, 1.54) is 11.1 Å². The van der Waals surface area contributed by atoms with Gasteiger partial charge in [-0.15, -0.1) is 0 Å². The summed E-state index contributed by atoms with van der Waals surface area (Å²) in [5.41, 5.74) is 2.68. The summed E-state index contributed by atoms with van der Waals surface area (Å²) >= 11 is 0. The van der Waals surface area contributed by atoms with Gasteiger partial charge in [-0.3, -0.25) is 4.99 Å². The van der Waals surface area contributed by atoms with E-state index in [9.17, 15) is 0 Å². The standard InChI is InChI=1S/C20H30N6O/c1-4-21-20(22-12-11-16-8-6-5-7-15(16)2)23-17-9-10-19-24-18(14-27-3)25-26(19)13-17/h5-8,17H,4,9-14H2,1-3H3,(H2,21,22,23). The minimum Gasteiger partial charge on any atom is -0.377 e. The van der Waals surface area contributed by atoms with Gasteiger partial charge in [0.15, 0.2) is 11.8 Å². The van der Waals surface area contributed by atoms with E-state index >= 15 is 0 Å². The molecule has 0 saturated carbocycles. The highest BCUT2D eigenvalue weighted by atomic mass is 16.5. The molecule has 1 aliphatic heterocycles. The van der Waals surface area contributed by atoms with Gasteiger partial charge in [-0.1, -0.05) is 24.3 Å². The summed E-state index contributed by atoms with van der Waals surface area (Å²) in [6.07, 6.45) is 2.88. The van der Waals surface area contributed by atoms with Gasteiger partial charge in [0.1, 0.15) is 12.4 Å². The summed E-state index contributed by atoms with van der Waals surface area (Å²) in [5, 5.41) is 11.4. The maximum atomic E-state index is 5.14. The molecule has 0 saturated heterocycles. The first kappa shape index (κ1) is 19.4. The van der Waals surface area contributed by atoms with E-state index in [1.54, 1.807) is 7.11 Å². The molecule has 0 bridgehead atoms. The van der Waals surface area contributed by atoms with E-state index in [0.717, 1.165) is 56.5 Å². The fourth-order valence-electron chi connectivity index (χ4n) is 3.36. The number of hydrogen-bond donors (Lipinski definition) is 2. The van der Waals surface area contributed by atoms with E-state index in [1.807, 2.05) is 4.68 Å².